The summed E-state index contributed by atoms with van der Waals surface area (Å²) in [5.41, 5.74) is 0.952. The number of ether oxygens (including phenoxy) is 1. The highest BCUT2D eigenvalue weighted by molar-refractivity contribution is 9.10. The molecule has 0 amide bonds. The Labute approximate surface area is 97.3 Å². The predicted octanol–water partition coefficient (Wildman–Crippen LogP) is 2.81. The van der Waals surface area contributed by atoms with Gasteiger partial charge in [0.15, 0.2) is 0 Å². The van der Waals surface area contributed by atoms with E-state index in [0.29, 0.717) is 13.0 Å². The number of rotatable bonds is 4. The molecule has 0 aliphatic carbocycles. The van der Waals surface area contributed by atoms with E-state index in [9.17, 15) is 4.79 Å². The quantitative estimate of drug-likeness (QED) is 0.790. The van der Waals surface area contributed by atoms with E-state index in [1.807, 2.05) is 12.1 Å². The highest BCUT2D eigenvalue weighted by Gasteiger charge is 1.96. The lowest BCUT2D eigenvalue weighted by Crippen LogP contribution is -2.01. The van der Waals surface area contributed by atoms with Crippen molar-refractivity contribution in [3.63, 3.8) is 0 Å². The maximum Gasteiger partial charge on any atom is 0.309 e. The Morgan fingerprint density at radius 2 is 2.40 bits per heavy atom. The minimum absolute atomic E-state index is 0.211. The van der Waals surface area contributed by atoms with Crippen LogP contribution in [0.25, 0.3) is 6.08 Å². The number of hydrogen-bond acceptors (Lipinski definition) is 3. The van der Waals surface area contributed by atoms with Gasteiger partial charge in [0, 0.05) is 16.9 Å². The van der Waals surface area contributed by atoms with Gasteiger partial charge in [-0.2, -0.15) is 0 Å². The maximum absolute atomic E-state index is 11.0. The number of halogens is 1. The van der Waals surface area contributed by atoms with Crippen molar-refractivity contribution in [2.75, 3.05) is 6.61 Å². The second-order valence-electron chi connectivity index (χ2n) is 2.85. The van der Waals surface area contributed by atoms with E-state index < -0.39 is 0 Å². The largest absolute Gasteiger partial charge is 0.466 e. The van der Waals surface area contributed by atoms with Gasteiger partial charge < -0.3 is 4.74 Å². The highest BCUT2D eigenvalue weighted by Crippen LogP contribution is 2.10. The summed E-state index contributed by atoms with van der Waals surface area (Å²) in [7, 11) is 0. The molecular weight excluding hydrogens is 258 g/mol. The molecule has 0 atom stereocenters. The Bertz CT molecular complexity index is 363. The Kier molecular flexibility index (Phi) is 5.04. The van der Waals surface area contributed by atoms with Crippen LogP contribution in [0.1, 0.15) is 18.9 Å². The van der Waals surface area contributed by atoms with Crippen LogP contribution in [0.4, 0.5) is 0 Å². The number of esters is 1. The third kappa shape index (κ3) is 4.74. The Balaban J connectivity index is 2.48. The van der Waals surface area contributed by atoms with Crippen molar-refractivity contribution in [1.29, 1.82) is 0 Å². The third-order valence-corrected chi connectivity index (χ3v) is 2.06. The van der Waals surface area contributed by atoms with Gasteiger partial charge in [0.1, 0.15) is 0 Å². The highest BCUT2D eigenvalue weighted by atomic mass is 79.9. The summed E-state index contributed by atoms with van der Waals surface area (Å²) in [4.78, 5) is 15.0. The van der Waals surface area contributed by atoms with Gasteiger partial charge in [-0.25, -0.2) is 0 Å². The molecule has 0 aliphatic rings. The van der Waals surface area contributed by atoms with Crippen molar-refractivity contribution < 1.29 is 9.53 Å². The predicted molar refractivity (Wildman–Crippen MR) is 62.2 cm³/mol. The van der Waals surface area contributed by atoms with Gasteiger partial charge in [-0.05, 0) is 34.5 Å². The second-order valence-corrected chi connectivity index (χ2v) is 3.76. The zero-order chi connectivity index (χ0) is 11.1. The van der Waals surface area contributed by atoms with Crippen LogP contribution in [-0.4, -0.2) is 17.6 Å². The van der Waals surface area contributed by atoms with Crippen LogP contribution in [0.5, 0.6) is 0 Å². The number of carbonyl (C=O) groups excluding carboxylic acids is 1. The van der Waals surface area contributed by atoms with Crippen LogP contribution in [0.15, 0.2) is 29.0 Å². The van der Waals surface area contributed by atoms with E-state index in [2.05, 4.69) is 20.9 Å². The molecular formula is C11H12BrNO2. The molecule has 0 bridgehead atoms. The summed E-state index contributed by atoms with van der Waals surface area (Å²) >= 11 is 3.32. The molecule has 1 aromatic rings. The van der Waals surface area contributed by atoms with Crippen molar-refractivity contribution >= 4 is 28.0 Å². The van der Waals surface area contributed by atoms with Crippen molar-refractivity contribution in [3.8, 4) is 0 Å². The molecule has 0 unspecified atom stereocenters. The first-order valence-corrected chi connectivity index (χ1v) is 5.44. The minimum Gasteiger partial charge on any atom is -0.466 e. The molecule has 0 fully saturated rings. The van der Waals surface area contributed by atoms with Gasteiger partial charge in [0.2, 0.25) is 0 Å². The smallest absolute Gasteiger partial charge is 0.309 e. The van der Waals surface area contributed by atoms with E-state index in [1.165, 1.54) is 0 Å². The summed E-state index contributed by atoms with van der Waals surface area (Å²) in [5, 5.41) is 0. The molecule has 0 saturated carbocycles. The lowest BCUT2D eigenvalue weighted by Gasteiger charge is -1.97. The molecule has 0 radical (unpaired) electrons. The summed E-state index contributed by atoms with van der Waals surface area (Å²) in [6.07, 6.45) is 7.34. The van der Waals surface area contributed by atoms with Crippen molar-refractivity contribution in [3.05, 3.63) is 34.6 Å². The van der Waals surface area contributed by atoms with Crippen LogP contribution >= 0.6 is 15.9 Å². The van der Waals surface area contributed by atoms with E-state index in [0.717, 1.165) is 10.0 Å². The van der Waals surface area contributed by atoms with E-state index in [4.69, 9.17) is 4.74 Å². The zero-order valence-electron chi connectivity index (χ0n) is 8.44. The zero-order valence-corrected chi connectivity index (χ0v) is 10.0. The van der Waals surface area contributed by atoms with E-state index in [1.54, 1.807) is 25.4 Å². The average molecular weight is 270 g/mol. The Hall–Kier alpha value is -1.16. The van der Waals surface area contributed by atoms with Gasteiger partial charge in [-0.1, -0.05) is 12.2 Å². The number of hydrogen-bond donors (Lipinski definition) is 0. The summed E-state index contributed by atoms with van der Waals surface area (Å²) < 4.78 is 5.71. The molecule has 0 aliphatic heterocycles. The molecule has 0 N–H and O–H groups in total. The average Bonchev–Trinajstić information content (AvgIpc) is 2.18. The molecule has 15 heavy (non-hydrogen) atoms. The number of aromatic nitrogens is 1. The molecule has 4 heteroatoms. The maximum atomic E-state index is 11.0. The van der Waals surface area contributed by atoms with Crippen LogP contribution < -0.4 is 0 Å². The molecule has 0 spiro atoms. The molecule has 1 rings (SSSR count). The SMILES string of the molecule is CCOC(=O)CC=Cc1cncc(Br)c1. The first-order chi connectivity index (χ1) is 7.22. The van der Waals surface area contributed by atoms with Gasteiger partial charge in [-0.3, -0.25) is 9.78 Å². The topological polar surface area (TPSA) is 39.2 Å². The fraction of sp³-hybridized carbons (Fsp3) is 0.273. The summed E-state index contributed by atoms with van der Waals surface area (Å²) in [6, 6.07) is 1.93. The Morgan fingerprint density at radius 1 is 1.60 bits per heavy atom. The lowest BCUT2D eigenvalue weighted by atomic mass is 10.2. The van der Waals surface area contributed by atoms with Gasteiger partial charge in [0.05, 0.1) is 13.0 Å². The van der Waals surface area contributed by atoms with Crippen LogP contribution in [-0.2, 0) is 9.53 Å². The molecule has 1 aromatic heterocycles. The van der Waals surface area contributed by atoms with Crippen molar-refractivity contribution in [2.45, 2.75) is 13.3 Å². The normalized spacial score (nSPS) is 10.5. The van der Waals surface area contributed by atoms with E-state index >= 15 is 0 Å². The Morgan fingerprint density at radius 3 is 3.07 bits per heavy atom. The van der Waals surface area contributed by atoms with E-state index in [-0.39, 0.29) is 5.97 Å². The molecule has 80 valence electrons. The first-order valence-electron chi connectivity index (χ1n) is 4.65. The molecule has 3 nitrogen and oxygen atoms in total. The lowest BCUT2D eigenvalue weighted by molar-refractivity contribution is -0.142. The van der Waals surface area contributed by atoms with Gasteiger partial charge in [0.25, 0.3) is 0 Å². The fourth-order valence-electron chi connectivity index (χ4n) is 1.03. The fourth-order valence-corrected chi connectivity index (χ4v) is 1.41. The third-order valence-electron chi connectivity index (χ3n) is 1.63. The van der Waals surface area contributed by atoms with Crippen LogP contribution in [0.3, 0.4) is 0 Å². The number of pyridine rings is 1. The van der Waals surface area contributed by atoms with Gasteiger partial charge in [-0.15, -0.1) is 0 Å². The first kappa shape index (κ1) is 11.9. The minimum atomic E-state index is -0.211. The van der Waals surface area contributed by atoms with Crippen molar-refractivity contribution in [2.24, 2.45) is 0 Å². The standard InChI is InChI=1S/C11H12BrNO2/c1-2-15-11(14)5-3-4-9-6-10(12)8-13-7-9/h3-4,6-8H,2,5H2,1H3. The van der Waals surface area contributed by atoms with Crippen LogP contribution in [0, 0.1) is 0 Å². The summed E-state index contributed by atoms with van der Waals surface area (Å²) in [6.45, 7) is 2.21. The number of nitrogens with zero attached hydrogens (tertiary/aromatic N) is 1. The van der Waals surface area contributed by atoms with Gasteiger partial charge >= 0.3 is 5.97 Å². The monoisotopic (exact) mass is 269 g/mol. The molecule has 1 heterocycles. The van der Waals surface area contributed by atoms with Crippen LogP contribution in [0.2, 0.25) is 0 Å². The molecule has 0 aromatic carbocycles. The van der Waals surface area contributed by atoms with Crippen molar-refractivity contribution in [1.82, 2.24) is 4.98 Å². The summed E-state index contributed by atoms with van der Waals surface area (Å²) in [5.74, 6) is -0.211. The second kappa shape index (κ2) is 6.35. The molecule has 0 saturated heterocycles. The number of carbonyl (C=O) groups is 1.